The second-order valence-corrected chi connectivity index (χ2v) is 5.27. The van der Waals surface area contributed by atoms with Crippen LogP contribution in [-0.4, -0.2) is 6.10 Å². The minimum Gasteiger partial charge on any atom is -0.489 e. The summed E-state index contributed by atoms with van der Waals surface area (Å²) < 4.78 is 43.5. The molecule has 1 aliphatic carbocycles. The Bertz CT molecular complexity index is 502. The molecule has 4 heteroatoms. The number of alkyl halides is 3. The number of benzene rings is 1. The lowest BCUT2D eigenvalue weighted by atomic mass is 10.00. The molecule has 0 amide bonds. The van der Waals surface area contributed by atoms with Gasteiger partial charge in [-0.3, -0.25) is 0 Å². The van der Waals surface area contributed by atoms with Gasteiger partial charge >= 0.3 is 6.18 Å². The predicted octanol–water partition coefficient (Wildman–Crippen LogP) is 5.24. The molecule has 0 radical (unpaired) electrons. The predicted molar refractivity (Wildman–Crippen MR) is 77.1 cm³/mol. The molecular weight excluding hydrogens is 277 g/mol. The number of rotatable bonds is 4. The van der Waals surface area contributed by atoms with Crippen LogP contribution in [0.3, 0.4) is 0 Å². The Hall–Kier alpha value is -1.71. The normalized spacial score (nSPS) is 26.2. The Morgan fingerprint density at radius 2 is 1.76 bits per heavy atom. The lowest BCUT2D eigenvalue weighted by molar-refractivity contribution is -0.137. The van der Waals surface area contributed by atoms with E-state index < -0.39 is 11.7 Å². The van der Waals surface area contributed by atoms with Crippen molar-refractivity contribution >= 4 is 0 Å². The monoisotopic (exact) mass is 296 g/mol. The Kier molecular flexibility index (Phi) is 4.76. The molecule has 21 heavy (non-hydrogen) atoms. The minimum absolute atomic E-state index is 0.0598. The van der Waals surface area contributed by atoms with E-state index in [4.69, 9.17) is 4.74 Å². The lowest BCUT2D eigenvalue weighted by Gasteiger charge is -2.23. The summed E-state index contributed by atoms with van der Waals surface area (Å²) >= 11 is 0. The topological polar surface area (TPSA) is 9.23 Å². The van der Waals surface area contributed by atoms with Crippen LogP contribution in [0.5, 0.6) is 5.75 Å². The van der Waals surface area contributed by atoms with Crippen LogP contribution in [0.2, 0.25) is 0 Å². The molecule has 2 rings (SSSR count). The number of halogens is 3. The molecule has 0 unspecified atom stereocenters. The van der Waals surface area contributed by atoms with Crippen LogP contribution in [0.15, 0.2) is 49.1 Å². The zero-order valence-corrected chi connectivity index (χ0v) is 11.9. The number of hydrogen-bond donors (Lipinski definition) is 0. The average Bonchev–Trinajstić information content (AvgIpc) is 2.81. The van der Waals surface area contributed by atoms with Crippen molar-refractivity contribution in [1.29, 1.82) is 0 Å². The summed E-state index contributed by atoms with van der Waals surface area (Å²) in [5.74, 6) is 0.977. The molecule has 1 aromatic carbocycles. The van der Waals surface area contributed by atoms with E-state index in [1.165, 1.54) is 12.1 Å². The van der Waals surface area contributed by atoms with E-state index in [0.29, 0.717) is 5.75 Å². The van der Waals surface area contributed by atoms with Crippen LogP contribution in [0, 0.1) is 11.8 Å². The lowest BCUT2D eigenvalue weighted by Crippen LogP contribution is -2.26. The third-order valence-corrected chi connectivity index (χ3v) is 3.87. The summed E-state index contributed by atoms with van der Waals surface area (Å²) in [5, 5.41) is 0. The van der Waals surface area contributed by atoms with E-state index in [1.807, 2.05) is 19.1 Å². The minimum atomic E-state index is -4.32. The number of allylic oxidation sites excluding steroid dienone is 1. The Balaban J connectivity index is 2.13. The maximum Gasteiger partial charge on any atom is 0.416 e. The summed E-state index contributed by atoms with van der Waals surface area (Å²) in [6.07, 6.45) is 3.57. The average molecular weight is 296 g/mol. The maximum atomic E-state index is 12.5. The second-order valence-electron chi connectivity index (χ2n) is 5.27. The first-order chi connectivity index (χ1) is 9.95. The van der Waals surface area contributed by atoms with Crippen LogP contribution < -0.4 is 4.74 Å². The first-order valence-electron chi connectivity index (χ1n) is 7.05. The van der Waals surface area contributed by atoms with Crippen LogP contribution in [0.1, 0.15) is 25.3 Å². The Labute approximate surface area is 123 Å². The molecule has 1 fully saturated rings. The Morgan fingerprint density at radius 1 is 1.14 bits per heavy atom. The number of ether oxygens (including phenoxy) is 1. The molecular formula is C17H19F3O. The highest BCUT2D eigenvalue weighted by molar-refractivity contribution is 5.29. The largest absolute Gasteiger partial charge is 0.489 e. The molecule has 0 spiro atoms. The summed E-state index contributed by atoms with van der Waals surface area (Å²) in [4.78, 5) is 0. The molecule has 3 atom stereocenters. The molecule has 0 bridgehead atoms. The fourth-order valence-electron chi connectivity index (χ4n) is 2.79. The van der Waals surface area contributed by atoms with Gasteiger partial charge in [0.1, 0.15) is 11.9 Å². The molecule has 114 valence electrons. The SMILES string of the molecule is C=C[C@@H]1CC[C@H](/C=C\C)[C@H]1Oc1ccc(C(F)(F)F)cc1. The first kappa shape index (κ1) is 15.7. The molecule has 0 N–H and O–H groups in total. The van der Waals surface area contributed by atoms with Crippen molar-refractivity contribution in [2.24, 2.45) is 11.8 Å². The highest BCUT2D eigenvalue weighted by Crippen LogP contribution is 2.37. The van der Waals surface area contributed by atoms with Crippen LogP contribution in [0.25, 0.3) is 0 Å². The van der Waals surface area contributed by atoms with Gasteiger partial charge in [0.25, 0.3) is 0 Å². The third-order valence-electron chi connectivity index (χ3n) is 3.87. The van der Waals surface area contributed by atoms with Gasteiger partial charge in [0, 0.05) is 11.8 Å². The van der Waals surface area contributed by atoms with Gasteiger partial charge in [-0.2, -0.15) is 13.2 Å². The number of hydrogen-bond acceptors (Lipinski definition) is 1. The van der Waals surface area contributed by atoms with Gasteiger partial charge < -0.3 is 4.74 Å². The van der Waals surface area contributed by atoms with E-state index in [9.17, 15) is 13.2 Å². The third kappa shape index (κ3) is 3.69. The van der Waals surface area contributed by atoms with E-state index in [-0.39, 0.29) is 17.9 Å². The van der Waals surface area contributed by atoms with E-state index in [0.717, 1.165) is 25.0 Å². The first-order valence-corrected chi connectivity index (χ1v) is 7.05. The van der Waals surface area contributed by atoms with Gasteiger partial charge in [-0.1, -0.05) is 18.2 Å². The zero-order valence-electron chi connectivity index (χ0n) is 11.9. The van der Waals surface area contributed by atoms with Crippen LogP contribution in [-0.2, 0) is 6.18 Å². The molecule has 1 saturated carbocycles. The summed E-state index contributed by atoms with van der Waals surface area (Å²) in [6, 6.07) is 4.87. The van der Waals surface area contributed by atoms with E-state index in [2.05, 4.69) is 12.7 Å². The van der Waals surface area contributed by atoms with Gasteiger partial charge in [0.2, 0.25) is 0 Å². The van der Waals surface area contributed by atoms with Crippen molar-refractivity contribution in [3.05, 3.63) is 54.6 Å². The second kappa shape index (κ2) is 6.37. The van der Waals surface area contributed by atoms with Crippen molar-refractivity contribution in [3.63, 3.8) is 0 Å². The molecule has 0 aliphatic heterocycles. The highest BCUT2D eigenvalue weighted by atomic mass is 19.4. The van der Waals surface area contributed by atoms with E-state index in [1.54, 1.807) is 0 Å². The molecule has 0 heterocycles. The maximum absolute atomic E-state index is 12.5. The molecule has 0 saturated heterocycles. The van der Waals surface area contributed by atoms with Crippen molar-refractivity contribution in [1.82, 2.24) is 0 Å². The molecule has 1 aromatic rings. The van der Waals surface area contributed by atoms with Gasteiger partial charge in [0.15, 0.2) is 0 Å². The van der Waals surface area contributed by atoms with Crippen molar-refractivity contribution in [2.45, 2.75) is 32.0 Å². The van der Waals surface area contributed by atoms with Gasteiger partial charge in [-0.25, -0.2) is 0 Å². The molecule has 1 aliphatic rings. The smallest absolute Gasteiger partial charge is 0.416 e. The fourth-order valence-corrected chi connectivity index (χ4v) is 2.79. The van der Waals surface area contributed by atoms with Gasteiger partial charge in [-0.05, 0) is 44.0 Å². The zero-order chi connectivity index (χ0) is 15.5. The molecule has 1 nitrogen and oxygen atoms in total. The van der Waals surface area contributed by atoms with Crippen molar-refractivity contribution in [3.8, 4) is 5.75 Å². The van der Waals surface area contributed by atoms with Gasteiger partial charge in [0.05, 0.1) is 5.56 Å². The Morgan fingerprint density at radius 3 is 2.29 bits per heavy atom. The van der Waals surface area contributed by atoms with Gasteiger partial charge in [-0.15, -0.1) is 6.58 Å². The quantitative estimate of drug-likeness (QED) is 0.690. The van der Waals surface area contributed by atoms with Crippen molar-refractivity contribution < 1.29 is 17.9 Å². The van der Waals surface area contributed by atoms with Crippen LogP contribution in [0.4, 0.5) is 13.2 Å². The van der Waals surface area contributed by atoms with Crippen molar-refractivity contribution in [2.75, 3.05) is 0 Å². The van der Waals surface area contributed by atoms with E-state index >= 15 is 0 Å². The molecule has 0 aromatic heterocycles. The fraction of sp³-hybridized carbons (Fsp3) is 0.412. The summed E-state index contributed by atoms with van der Waals surface area (Å²) in [6.45, 7) is 5.78. The highest BCUT2D eigenvalue weighted by Gasteiger charge is 2.35. The summed E-state index contributed by atoms with van der Waals surface area (Å²) in [5.41, 5.74) is -0.661. The van der Waals surface area contributed by atoms with Crippen LogP contribution >= 0.6 is 0 Å². The summed E-state index contributed by atoms with van der Waals surface area (Å²) in [7, 11) is 0. The standard InChI is InChI=1S/C17H19F3O/c1-3-5-13-7-6-12(4-2)16(13)21-15-10-8-14(9-11-15)17(18,19)20/h3-5,8-13,16H,2,6-7H2,1H3/b5-3-/t12-,13+,16+/m1/s1.